The third-order valence-corrected chi connectivity index (χ3v) is 8.02. The number of nitrogens with zero attached hydrogens (tertiary/aromatic N) is 2. The summed E-state index contributed by atoms with van der Waals surface area (Å²) in [6.07, 6.45) is 0.805. The van der Waals surface area contributed by atoms with Gasteiger partial charge in [0.05, 0.1) is 10.6 Å². The van der Waals surface area contributed by atoms with Crippen molar-refractivity contribution in [1.29, 1.82) is 0 Å². The van der Waals surface area contributed by atoms with Crippen molar-refractivity contribution in [3.05, 3.63) is 95.6 Å². The molecule has 0 saturated carbocycles. The first-order valence-electron chi connectivity index (χ1n) is 12.5. The van der Waals surface area contributed by atoms with E-state index in [1.165, 1.54) is 17.0 Å². The van der Waals surface area contributed by atoms with Gasteiger partial charge >= 0.3 is 0 Å². The van der Waals surface area contributed by atoms with Crippen molar-refractivity contribution >= 4 is 27.5 Å². The Balaban J connectivity index is 2.01. The molecule has 0 radical (unpaired) electrons. The molecule has 196 valence electrons. The van der Waals surface area contributed by atoms with E-state index in [-0.39, 0.29) is 17.3 Å². The lowest BCUT2D eigenvalue weighted by Gasteiger charge is -2.32. The molecule has 0 bridgehead atoms. The quantitative estimate of drug-likeness (QED) is 0.408. The van der Waals surface area contributed by atoms with E-state index >= 15 is 0 Å². The average molecular weight is 522 g/mol. The first-order chi connectivity index (χ1) is 17.7. The van der Waals surface area contributed by atoms with Gasteiger partial charge in [0.1, 0.15) is 12.6 Å². The topological polar surface area (TPSA) is 86.8 Å². The second kappa shape index (κ2) is 12.5. The van der Waals surface area contributed by atoms with Crippen LogP contribution < -0.4 is 9.62 Å². The van der Waals surface area contributed by atoms with Crippen LogP contribution in [0, 0.1) is 6.92 Å². The molecule has 0 aromatic heterocycles. The molecule has 0 spiro atoms. The number of benzene rings is 3. The molecule has 1 N–H and O–H groups in total. The van der Waals surface area contributed by atoms with Crippen LogP contribution in [0.3, 0.4) is 0 Å². The molecule has 7 nitrogen and oxygen atoms in total. The van der Waals surface area contributed by atoms with Crippen LogP contribution in [0.15, 0.2) is 83.8 Å². The fourth-order valence-electron chi connectivity index (χ4n) is 3.94. The van der Waals surface area contributed by atoms with Crippen molar-refractivity contribution in [2.24, 2.45) is 0 Å². The number of nitrogens with one attached hydrogen (secondary N) is 1. The first kappa shape index (κ1) is 27.9. The predicted octanol–water partition coefficient (Wildman–Crippen LogP) is 4.31. The Hall–Kier alpha value is -3.65. The molecule has 0 aliphatic carbocycles. The number of anilines is 1. The highest BCUT2D eigenvalue weighted by molar-refractivity contribution is 7.92. The number of carbonyl (C=O) groups excluding carboxylic acids is 2. The third-order valence-electron chi connectivity index (χ3n) is 6.23. The number of hydrogen-bond donors (Lipinski definition) is 1. The van der Waals surface area contributed by atoms with E-state index in [0.29, 0.717) is 12.2 Å². The largest absolute Gasteiger partial charge is 0.355 e. The Bertz CT molecular complexity index is 1290. The van der Waals surface area contributed by atoms with Gasteiger partial charge in [-0.1, -0.05) is 67.1 Å². The summed E-state index contributed by atoms with van der Waals surface area (Å²) in [5, 5.41) is 2.76. The molecular formula is C29H35N3O4S. The van der Waals surface area contributed by atoms with Crippen LogP contribution in [-0.2, 0) is 32.6 Å². The first-order valence-corrected chi connectivity index (χ1v) is 13.9. The van der Waals surface area contributed by atoms with Gasteiger partial charge in [0, 0.05) is 13.1 Å². The smallest absolute Gasteiger partial charge is 0.264 e. The molecular weight excluding hydrogens is 486 g/mol. The summed E-state index contributed by atoms with van der Waals surface area (Å²) in [6.45, 7) is 7.61. The molecule has 0 aliphatic heterocycles. The molecule has 37 heavy (non-hydrogen) atoms. The summed E-state index contributed by atoms with van der Waals surface area (Å²) >= 11 is 0. The number of carbonyl (C=O) groups is 2. The van der Waals surface area contributed by atoms with E-state index in [4.69, 9.17) is 0 Å². The maximum Gasteiger partial charge on any atom is 0.264 e. The van der Waals surface area contributed by atoms with Gasteiger partial charge in [-0.3, -0.25) is 13.9 Å². The van der Waals surface area contributed by atoms with Crippen molar-refractivity contribution < 1.29 is 18.0 Å². The van der Waals surface area contributed by atoms with E-state index in [2.05, 4.69) is 5.32 Å². The highest BCUT2D eigenvalue weighted by Crippen LogP contribution is 2.25. The van der Waals surface area contributed by atoms with Crippen molar-refractivity contribution in [3.63, 3.8) is 0 Å². The maximum absolute atomic E-state index is 13.8. The molecule has 3 rings (SSSR count). The maximum atomic E-state index is 13.8. The number of likely N-dealkylation sites (N-methyl/N-ethyl adjacent to an activating group) is 1. The SMILES string of the molecule is CCNC(=O)C(C)N(Cc1ccc(C)cc1)C(=O)CN(c1ccc(CC)cc1)S(=O)(=O)c1ccccc1. The van der Waals surface area contributed by atoms with E-state index in [0.717, 1.165) is 27.4 Å². The number of amides is 2. The Morgan fingerprint density at radius 3 is 2.03 bits per heavy atom. The predicted molar refractivity (Wildman–Crippen MR) is 147 cm³/mol. The fourth-order valence-corrected chi connectivity index (χ4v) is 5.38. The lowest BCUT2D eigenvalue weighted by Crippen LogP contribution is -2.51. The van der Waals surface area contributed by atoms with Gasteiger partial charge in [0.15, 0.2) is 0 Å². The summed E-state index contributed by atoms with van der Waals surface area (Å²) < 4.78 is 28.6. The average Bonchev–Trinajstić information content (AvgIpc) is 2.91. The number of sulfonamides is 1. The van der Waals surface area contributed by atoms with Crippen molar-refractivity contribution in [2.75, 3.05) is 17.4 Å². The normalized spacial score (nSPS) is 12.0. The number of rotatable bonds is 11. The van der Waals surface area contributed by atoms with Crippen molar-refractivity contribution in [3.8, 4) is 0 Å². The Labute approximate surface area is 220 Å². The second-order valence-electron chi connectivity index (χ2n) is 8.92. The van der Waals surface area contributed by atoms with E-state index in [1.807, 2.05) is 57.2 Å². The van der Waals surface area contributed by atoms with Crippen LogP contribution in [0.4, 0.5) is 5.69 Å². The van der Waals surface area contributed by atoms with E-state index < -0.39 is 28.5 Å². The lowest BCUT2D eigenvalue weighted by molar-refractivity contribution is -0.139. The van der Waals surface area contributed by atoms with Crippen LogP contribution in [0.1, 0.15) is 37.5 Å². The standard InChI is InChI=1S/C29H35N3O4S/c1-5-24-16-18-26(19-17-24)32(37(35,36)27-10-8-7-9-11-27)21-28(33)31(23(4)29(34)30-6-2)20-25-14-12-22(3)13-15-25/h7-19,23H,5-6,20-21H2,1-4H3,(H,30,34). The van der Waals surface area contributed by atoms with Crippen molar-refractivity contribution in [1.82, 2.24) is 10.2 Å². The highest BCUT2D eigenvalue weighted by Gasteiger charge is 2.32. The zero-order chi connectivity index (χ0) is 27.0. The summed E-state index contributed by atoms with van der Waals surface area (Å²) in [6, 6.07) is 22.1. The van der Waals surface area contributed by atoms with Gasteiger partial charge in [0.25, 0.3) is 10.0 Å². The van der Waals surface area contributed by atoms with E-state index in [1.54, 1.807) is 37.3 Å². The molecule has 1 atom stereocenters. The minimum atomic E-state index is -4.05. The fraction of sp³-hybridized carbons (Fsp3) is 0.310. The number of hydrogen-bond acceptors (Lipinski definition) is 4. The van der Waals surface area contributed by atoms with Crippen LogP contribution >= 0.6 is 0 Å². The Morgan fingerprint density at radius 2 is 1.46 bits per heavy atom. The second-order valence-corrected chi connectivity index (χ2v) is 10.8. The van der Waals surface area contributed by atoms with Gasteiger partial charge in [-0.25, -0.2) is 8.42 Å². The molecule has 0 aliphatic rings. The lowest BCUT2D eigenvalue weighted by atomic mass is 10.1. The molecule has 1 unspecified atom stereocenters. The van der Waals surface area contributed by atoms with Crippen molar-refractivity contribution in [2.45, 2.75) is 51.6 Å². The molecule has 0 fully saturated rings. The van der Waals surface area contributed by atoms with Crippen LogP contribution in [0.5, 0.6) is 0 Å². The van der Waals surface area contributed by atoms with Gasteiger partial charge in [0.2, 0.25) is 11.8 Å². The minimum Gasteiger partial charge on any atom is -0.355 e. The molecule has 8 heteroatoms. The van der Waals surface area contributed by atoms with Crippen LogP contribution in [0.25, 0.3) is 0 Å². The van der Waals surface area contributed by atoms with Gasteiger partial charge < -0.3 is 10.2 Å². The highest BCUT2D eigenvalue weighted by atomic mass is 32.2. The molecule has 3 aromatic carbocycles. The third kappa shape index (κ3) is 6.98. The minimum absolute atomic E-state index is 0.0872. The van der Waals surface area contributed by atoms with Crippen LogP contribution in [0.2, 0.25) is 0 Å². The Morgan fingerprint density at radius 1 is 0.865 bits per heavy atom. The summed E-state index contributed by atoms with van der Waals surface area (Å²) in [4.78, 5) is 28.1. The summed E-state index contributed by atoms with van der Waals surface area (Å²) in [7, 11) is -4.05. The van der Waals surface area contributed by atoms with Crippen LogP contribution in [-0.4, -0.2) is 44.3 Å². The van der Waals surface area contributed by atoms with Gasteiger partial charge in [-0.2, -0.15) is 0 Å². The summed E-state index contributed by atoms with van der Waals surface area (Å²) in [5.41, 5.74) is 3.36. The zero-order valence-electron chi connectivity index (χ0n) is 21.8. The molecule has 3 aromatic rings. The van der Waals surface area contributed by atoms with Gasteiger partial charge in [-0.05, 0) is 62.6 Å². The van der Waals surface area contributed by atoms with E-state index in [9.17, 15) is 18.0 Å². The molecule has 2 amide bonds. The number of aryl methyl sites for hydroxylation is 2. The zero-order valence-corrected chi connectivity index (χ0v) is 22.7. The van der Waals surface area contributed by atoms with Gasteiger partial charge in [-0.15, -0.1) is 0 Å². The Kier molecular flexibility index (Phi) is 9.47. The monoisotopic (exact) mass is 521 g/mol. The molecule has 0 heterocycles. The summed E-state index contributed by atoms with van der Waals surface area (Å²) in [5.74, 6) is -0.772. The molecule has 0 saturated heterocycles.